The second-order valence-electron chi connectivity index (χ2n) is 3.42. The van der Waals surface area contributed by atoms with Crippen molar-refractivity contribution in [3.63, 3.8) is 0 Å². The number of hydrogen-bond acceptors (Lipinski definition) is 5. The van der Waals surface area contributed by atoms with Gasteiger partial charge in [0.2, 0.25) is 5.91 Å². The summed E-state index contributed by atoms with van der Waals surface area (Å²) in [5.74, 6) is 3.67. The van der Waals surface area contributed by atoms with Crippen molar-refractivity contribution >= 4 is 17.6 Å². The van der Waals surface area contributed by atoms with Gasteiger partial charge in [-0.15, -0.1) is 0 Å². The molecule has 7 heteroatoms. The molecule has 1 rings (SSSR count). The summed E-state index contributed by atoms with van der Waals surface area (Å²) in [5, 5.41) is 10.6. The summed E-state index contributed by atoms with van der Waals surface area (Å²) in [6.07, 6.45) is -0.169. The molecule has 7 nitrogen and oxygen atoms in total. The predicted octanol–water partition coefficient (Wildman–Crippen LogP) is 0.608. The zero-order valence-electron chi connectivity index (χ0n) is 10.0. The molecule has 98 valence electrons. The molecule has 0 radical (unpaired) electrons. The molecule has 0 bridgehead atoms. The van der Waals surface area contributed by atoms with Gasteiger partial charge in [0.1, 0.15) is 0 Å². The number of esters is 1. The third kappa shape index (κ3) is 3.81. The van der Waals surface area contributed by atoms with Gasteiger partial charge in [-0.1, -0.05) is 11.8 Å². The Morgan fingerprint density at radius 1 is 1.47 bits per heavy atom. The molecule has 0 aromatic heterocycles. The first kappa shape index (κ1) is 14.2. The highest BCUT2D eigenvalue weighted by Crippen LogP contribution is 2.18. The van der Waals surface area contributed by atoms with E-state index in [1.54, 1.807) is 0 Å². The number of carbonyl (C=O) groups is 2. The Balaban J connectivity index is 3.22. The van der Waals surface area contributed by atoms with Crippen LogP contribution in [0, 0.1) is 22.0 Å². The largest absolute Gasteiger partial charge is 0.465 e. The SMILES string of the molecule is COC(=O)c1cc([N+](=O)[O-])ccc1C#CCC(N)=O. The van der Waals surface area contributed by atoms with Crippen molar-refractivity contribution in [2.24, 2.45) is 5.73 Å². The number of nitro groups is 1. The molecule has 0 aliphatic rings. The lowest BCUT2D eigenvalue weighted by Crippen LogP contribution is -2.08. The van der Waals surface area contributed by atoms with Crippen LogP contribution in [-0.4, -0.2) is 23.9 Å². The number of rotatable bonds is 3. The molecule has 19 heavy (non-hydrogen) atoms. The normalized spacial score (nSPS) is 9.11. The number of primary amides is 1. The van der Waals surface area contributed by atoms with Gasteiger partial charge in [0.25, 0.3) is 5.69 Å². The minimum absolute atomic E-state index is 0.0336. The van der Waals surface area contributed by atoms with Crippen LogP contribution in [0.5, 0.6) is 0 Å². The fraction of sp³-hybridized carbons (Fsp3) is 0.167. The molecule has 1 amide bonds. The molecule has 0 spiro atoms. The highest BCUT2D eigenvalue weighted by molar-refractivity contribution is 5.93. The number of non-ortho nitro benzene ring substituents is 1. The molecule has 0 aliphatic carbocycles. The van der Waals surface area contributed by atoms with Crippen molar-refractivity contribution < 1.29 is 19.2 Å². The zero-order valence-corrected chi connectivity index (χ0v) is 10.0. The summed E-state index contributed by atoms with van der Waals surface area (Å²) in [4.78, 5) is 32.1. The molecule has 0 atom stereocenters. The fourth-order valence-electron chi connectivity index (χ4n) is 1.26. The average molecular weight is 262 g/mol. The lowest BCUT2D eigenvalue weighted by Gasteiger charge is -2.02. The van der Waals surface area contributed by atoms with Gasteiger partial charge >= 0.3 is 5.97 Å². The molecule has 0 saturated heterocycles. The third-order valence-electron chi connectivity index (χ3n) is 2.10. The van der Waals surface area contributed by atoms with Gasteiger partial charge in [0.15, 0.2) is 0 Å². The number of nitrogens with two attached hydrogens (primary N) is 1. The number of carbonyl (C=O) groups excluding carboxylic acids is 2. The number of methoxy groups -OCH3 is 1. The maximum absolute atomic E-state index is 11.5. The zero-order chi connectivity index (χ0) is 14.4. The smallest absolute Gasteiger partial charge is 0.339 e. The van der Waals surface area contributed by atoms with Crippen LogP contribution in [0.4, 0.5) is 5.69 Å². The van der Waals surface area contributed by atoms with Gasteiger partial charge in [-0.25, -0.2) is 4.79 Å². The summed E-state index contributed by atoms with van der Waals surface area (Å²) in [6.45, 7) is 0. The molecular formula is C12H10N2O5. The van der Waals surface area contributed by atoms with Crippen molar-refractivity contribution in [2.45, 2.75) is 6.42 Å². The highest BCUT2D eigenvalue weighted by Gasteiger charge is 2.16. The average Bonchev–Trinajstić information content (AvgIpc) is 2.37. The molecule has 1 aromatic rings. The first-order valence-corrected chi connectivity index (χ1v) is 5.09. The molecular weight excluding hydrogens is 252 g/mol. The summed E-state index contributed by atoms with van der Waals surface area (Å²) in [7, 11) is 1.15. The van der Waals surface area contributed by atoms with Crippen LogP contribution in [0.3, 0.4) is 0 Å². The van der Waals surface area contributed by atoms with E-state index in [2.05, 4.69) is 16.6 Å². The van der Waals surface area contributed by atoms with Gasteiger partial charge in [-0.2, -0.15) is 0 Å². The van der Waals surface area contributed by atoms with Crippen molar-refractivity contribution in [3.05, 3.63) is 39.4 Å². The number of benzene rings is 1. The van der Waals surface area contributed by atoms with Crippen molar-refractivity contribution in [1.29, 1.82) is 0 Å². The Labute approximate surface area is 108 Å². The van der Waals surface area contributed by atoms with Crippen LogP contribution < -0.4 is 5.73 Å². The van der Waals surface area contributed by atoms with Gasteiger partial charge in [0.05, 0.1) is 24.0 Å². The molecule has 0 unspecified atom stereocenters. The van der Waals surface area contributed by atoms with E-state index in [0.29, 0.717) is 0 Å². The Bertz CT molecular complexity index is 598. The molecule has 0 saturated carbocycles. The van der Waals surface area contributed by atoms with E-state index in [1.807, 2.05) is 0 Å². The van der Waals surface area contributed by atoms with Gasteiger partial charge in [-0.3, -0.25) is 14.9 Å². The number of amides is 1. The molecule has 0 fully saturated rings. The van der Waals surface area contributed by atoms with E-state index in [1.165, 1.54) is 12.1 Å². The number of ether oxygens (including phenoxy) is 1. The Hall–Kier alpha value is -2.88. The molecule has 0 aliphatic heterocycles. The highest BCUT2D eigenvalue weighted by atomic mass is 16.6. The van der Waals surface area contributed by atoms with Crippen molar-refractivity contribution in [2.75, 3.05) is 7.11 Å². The topological polar surface area (TPSA) is 113 Å². The first-order chi connectivity index (χ1) is 8.95. The lowest BCUT2D eigenvalue weighted by atomic mass is 10.1. The monoisotopic (exact) mass is 262 g/mol. The second-order valence-corrected chi connectivity index (χ2v) is 3.42. The first-order valence-electron chi connectivity index (χ1n) is 5.09. The summed E-state index contributed by atoms with van der Waals surface area (Å²) >= 11 is 0. The van der Waals surface area contributed by atoms with Gasteiger partial charge in [-0.05, 0) is 6.07 Å². The second kappa shape index (κ2) is 6.16. The Morgan fingerprint density at radius 3 is 2.68 bits per heavy atom. The molecule has 2 N–H and O–H groups in total. The van der Waals surface area contributed by atoms with Crippen LogP contribution in [0.1, 0.15) is 22.3 Å². The van der Waals surface area contributed by atoms with Gasteiger partial charge < -0.3 is 10.5 Å². The van der Waals surface area contributed by atoms with E-state index in [0.717, 1.165) is 13.2 Å². The van der Waals surface area contributed by atoms with Gasteiger partial charge in [0, 0.05) is 17.7 Å². The van der Waals surface area contributed by atoms with Crippen LogP contribution in [0.25, 0.3) is 0 Å². The lowest BCUT2D eigenvalue weighted by molar-refractivity contribution is -0.384. The standard InChI is InChI=1S/C12H10N2O5/c1-19-12(16)10-7-9(14(17)18)6-5-8(10)3-2-4-11(13)15/h5-7H,4H2,1H3,(H2,13,15). The van der Waals surface area contributed by atoms with Crippen LogP contribution in [0.2, 0.25) is 0 Å². The minimum Gasteiger partial charge on any atom is -0.465 e. The minimum atomic E-state index is -0.743. The summed E-state index contributed by atoms with van der Waals surface area (Å²) in [5.41, 5.74) is 4.87. The number of nitro benzene ring substituents is 1. The maximum Gasteiger partial charge on any atom is 0.339 e. The van der Waals surface area contributed by atoms with E-state index in [-0.39, 0.29) is 23.2 Å². The summed E-state index contributed by atoms with van der Waals surface area (Å²) < 4.78 is 4.52. The fourth-order valence-corrected chi connectivity index (χ4v) is 1.26. The van der Waals surface area contributed by atoms with Crippen LogP contribution in [0.15, 0.2) is 18.2 Å². The number of hydrogen-bond donors (Lipinski definition) is 1. The molecule has 0 heterocycles. The Kier molecular flexibility index (Phi) is 4.60. The molecule has 1 aromatic carbocycles. The predicted molar refractivity (Wildman–Crippen MR) is 65.1 cm³/mol. The third-order valence-corrected chi connectivity index (χ3v) is 2.10. The van der Waals surface area contributed by atoms with Crippen molar-refractivity contribution in [1.82, 2.24) is 0 Å². The van der Waals surface area contributed by atoms with Crippen LogP contribution in [-0.2, 0) is 9.53 Å². The quantitative estimate of drug-likeness (QED) is 0.371. The van der Waals surface area contributed by atoms with E-state index < -0.39 is 16.8 Å². The van der Waals surface area contributed by atoms with E-state index >= 15 is 0 Å². The Morgan fingerprint density at radius 2 is 2.16 bits per heavy atom. The number of nitrogens with zero attached hydrogens (tertiary/aromatic N) is 1. The van der Waals surface area contributed by atoms with Crippen molar-refractivity contribution in [3.8, 4) is 11.8 Å². The summed E-state index contributed by atoms with van der Waals surface area (Å²) in [6, 6.07) is 3.60. The van der Waals surface area contributed by atoms with Crippen LogP contribution >= 0.6 is 0 Å². The van der Waals surface area contributed by atoms with E-state index in [9.17, 15) is 19.7 Å². The maximum atomic E-state index is 11.5. The van der Waals surface area contributed by atoms with E-state index in [4.69, 9.17) is 5.73 Å².